The number of H-pyrrole nitrogens is 1. The van der Waals surface area contributed by atoms with E-state index >= 15 is 0 Å². The van der Waals surface area contributed by atoms with Gasteiger partial charge in [-0.3, -0.25) is 9.78 Å². The van der Waals surface area contributed by atoms with Gasteiger partial charge in [0.25, 0.3) is 5.56 Å². The minimum absolute atomic E-state index is 0. The van der Waals surface area contributed by atoms with Gasteiger partial charge in [-0.15, -0.1) is 0 Å². The fraction of sp³-hybridized carbons (Fsp3) is 0. The fourth-order valence-electron chi connectivity index (χ4n) is 1.02. The van der Waals surface area contributed by atoms with Crippen LogP contribution in [0.25, 0.3) is 10.9 Å². The quantitative estimate of drug-likeness (QED) is 0.605. The third kappa shape index (κ3) is 0.902. The lowest BCUT2D eigenvalue weighted by Crippen LogP contribution is -2.04. The van der Waals surface area contributed by atoms with Crippen LogP contribution >= 0.6 is 0 Å². The molecule has 2 heterocycles. The Bertz CT molecular complexity index is 433. The van der Waals surface area contributed by atoms with Gasteiger partial charge in [-0.1, -0.05) is 0 Å². The predicted molar refractivity (Wildman–Crippen MR) is 43.5 cm³/mol. The largest absolute Gasteiger partial charge is 1.00 e. The molecule has 1 N–H and O–H groups in total. The van der Waals surface area contributed by atoms with E-state index in [1.165, 1.54) is 0 Å². The summed E-state index contributed by atoms with van der Waals surface area (Å²) in [7, 11) is 0. The number of fused-ring (bicyclic) bond motifs is 1. The summed E-state index contributed by atoms with van der Waals surface area (Å²) in [6.07, 6.45) is 3.26. The van der Waals surface area contributed by atoms with Crippen LogP contribution in [0.15, 0.2) is 35.4 Å². The number of aromatic nitrogens is 2. The lowest BCUT2D eigenvalue weighted by Gasteiger charge is -1.91. The molecule has 54 valence electrons. The first-order valence-corrected chi connectivity index (χ1v) is 3.30. The molecule has 3 heteroatoms. The Morgan fingerprint density at radius 1 is 1.45 bits per heavy atom. The van der Waals surface area contributed by atoms with Crippen molar-refractivity contribution in [1.29, 1.82) is 0 Å². The molecule has 0 saturated carbocycles. The smallest absolute Gasteiger partial charge is 0.328 e. The number of pyridine rings is 2. The van der Waals surface area contributed by atoms with Crippen LogP contribution in [0.3, 0.4) is 0 Å². The van der Waals surface area contributed by atoms with Crippen molar-refractivity contribution < 1.29 is 1.43 Å². The number of rotatable bonds is 0. The molecule has 0 aliphatic heterocycles. The van der Waals surface area contributed by atoms with E-state index in [0.29, 0.717) is 5.39 Å². The second-order valence-corrected chi connectivity index (χ2v) is 2.24. The molecule has 0 unspecified atom stereocenters. The van der Waals surface area contributed by atoms with Crippen molar-refractivity contribution in [1.82, 2.24) is 9.97 Å². The zero-order valence-corrected chi connectivity index (χ0v) is 5.74. The van der Waals surface area contributed by atoms with Gasteiger partial charge in [-0.2, -0.15) is 0 Å². The highest BCUT2D eigenvalue weighted by Crippen LogP contribution is 2.01. The SMILES string of the molecule is O=c1[nH]ccc2ncccc12.[H+]. The highest BCUT2D eigenvalue weighted by molar-refractivity contribution is 5.76. The molecule has 11 heavy (non-hydrogen) atoms. The molecule has 3 nitrogen and oxygen atoms in total. The van der Waals surface area contributed by atoms with Crippen molar-refractivity contribution in [2.24, 2.45) is 0 Å². The number of hydrogen-bond acceptors (Lipinski definition) is 2. The molecule has 0 aliphatic carbocycles. The van der Waals surface area contributed by atoms with Gasteiger partial charge < -0.3 is 4.98 Å². The van der Waals surface area contributed by atoms with E-state index in [1.54, 1.807) is 30.6 Å². The average molecular weight is 147 g/mol. The molecular weight excluding hydrogens is 140 g/mol. The lowest BCUT2D eigenvalue weighted by atomic mass is 10.3. The lowest BCUT2D eigenvalue weighted by molar-refractivity contribution is 1.26. The maximum Gasteiger partial charge on any atom is 1.00 e. The summed E-state index contributed by atoms with van der Waals surface area (Å²) in [6.45, 7) is 0. The van der Waals surface area contributed by atoms with Crippen molar-refractivity contribution >= 4 is 10.9 Å². The molecular formula is C8H7N2O+. The summed E-state index contributed by atoms with van der Waals surface area (Å²) < 4.78 is 0. The Balaban J connectivity index is 0.000000720. The Morgan fingerprint density at radius 3 is 3.18 bits per heavy atom. The van der Waals surface area contributed by atoms with Crippen LogP contribution in [0.5, 0.6) is 0 Å². The zero-order chi connectivity index (χ0) is 7.68. The highest BCUT2D eigenvalue weighted by atomic mass is 16.1. The van der Waals surface area contributed by atoms with E-state index in [-0.39, 0.29) is 6.99 Å². The van der Waals surface area contributed by atoms with Crippen LogP contribution in [0, 0.1) is 0 Å². The first-order chi connectivity index (χ1) is 5.38. The highest BCUT2D eigenvalue weighted by Gasteiger charge is 1.94. The number of nitrogens with one attached hydrogen (secondary N) is 1. The number of nitrogens with zero attached hydrogens (tertiary/aromatic N) is 1. The topological polar surface area (TPSA) is 45.8 Å². The van der Waals surface area contributed by atoms with Gasteiger partial charge in [0.1, 0.15) is 0 Å². The number of aromatic amines is 1. The van der Waals surface area contributed by atoms with Crippen LogP contribution in [0.4, 0.5) is 0 Å². The average Bonchev–Trinajstić information content (AvgIpc) is 2.06. The van der Waals surface area contributed by atoms with Gasteiger partial charge in [0.15, 0.2) is 0 Å². The second-order valence-electron chi connectivity index (χ2n) is 2.24. The summed E-state index contributed by atoms with van der Waals surface area (Å²) in [5, 5.41) is 0.634. The minimum Gasteiger partial charge on any atom is -0.328 e. The molecule has 0 saturated heterocycles. The summed E-state index contributed by atoms with van der Waals surface area (Å²) >= 11 is 0. The normalized spacial score (nSPS) is 10.2. The Hall–Kier alpha value is -1.64. The molecule has 0 fully saturated rings. The Labute approximate surface area is 64.2 Å². The molecule has 0 radical (unpaired) electrons. The maximum absolute atomic E-state index is 11.1. The standard InChI is InChI=1S/C8H6N2O/c11-8-6-2-1-4-9-7(6)3-5-10-8/h1-5H,(H,10,11)/p+1. The Kier molecular flexibility index (Phi) is 1.22. The third-order valence-electron chi connectivity index (χ3n) is 1.54. The molecule has 0 amide bonds. The van der Waals surface area contributed by atoms with E-state index in [2.05, 4.69) is 9.97 Å². The van der Waals surface area contributed by atoms with Crippen molar-refractivity contribution in [3.63, 3.8) is 0 Å². The van der Waals surface area contributed by atoms with E-state index < -0.39 is 0 Å². The van der Waals surface area contributed by atoms with E-state index in [4.69, 9.17) is 0 Å². The summed E-state index contributed by atoms with van der Waals surface area (Å²) in [4.78, 5) is 17.7. The summed E-state index contributed by atoms with van der Waals surface area (Å²) in [5.74, 6) is 0. The number of hydrogen-bond donors (Lipinski definition) is 1. The minimum atomic E-state index is -0.0874. The Morgan fingerprint density at radius 2 is 2.36 bits per heavy atom. The molecule has 0 atom stereocenters. The van der Waals surface area contributed by atoms with Crippen molar-refractivity contribution in [3.8, 4) is 0 Å². The summed E-state index contributed by atoms with van der Waals surface area (Å²) in [5.41, 5.74) is 0.645. The van der Waals surface area contributed by atoms with Gasteiger partial charge in [0.2, 0.25) is 0 Å². The molecule has 2 aromatic rings. The van der Waals surface area contributed by atoms with Crippen molar-refractivity contribution in [3.05, 3.63) is 40.9 Å². The van der Waals surface area contributed by atoms with Gasteiger partial charge in [0.05, 0.1) is 10.9 Å². The summed E-state index contributed by atoms with van der Waals surface area (Å²) in [6, 6.07) is 5.27. The van der Waals surface area contributed by atoms with E-state index in [9.17, 15) is 4.79 Å². The predicted octanol–water partition coefficient (Wildman–Crippen LogP) is 1.04. The van der Waals surface area contributed by atoms with Gasteiger partial charge in [0, 0.05) is 12.4 Å². The first kappa shape index (κ1) is 6.09. The van der Waals surface area contributed by atoms with Gasteiger partial charge in [-0.25, -0.2) is 0 Å². The molecule has 0 spiro atoms. The van der Waals surface area contributed by atoms with Crippen LogP contribution < -0.4 is 5.56 Å². The monoisotopic (exact) mass is 147 g/mol. The third-order valence-corrected chi connectivity index (χ3v) is 1.54. The van der Waals surface area contributed by atoms with Gasteiger partial charge in [-0.05, 0) is 18.2 Å². The molecule has 0 aliphatic rings. The van der Waals surface area contributed by atoms with Crippen molar-refractivity contribution in [2.75, 3.05) is 0 Å². The molecule has 2 rings (SSSR count). The fourth-order valence-corrected chi connectivity index (χ4v) is 1.02. The second kappa shape index (κ2) is 2.20. The van der Waals surface area contributed by atoms with Gasteiger partial charge >= 0.3 is 1.43 Å². The zero-order valence-electron chi connectivity index (χ0n) is 6.74. The van der Waals surface area contributed by atoms with Crippen molar-refractivity contribution in [2.45, 2.75) is 0 Å². The molecule has 0 aromatic carbocycles. The van der Waals surface area contributed by atoms with Crippen LogP contribution in [0.1, 0.15) is 1.43 Å². The molecule has 0 bridgehead atoms. The van der Waals surface area contributed by atoms with E-state index in [1.807, 2.05) is 0 Å². The van der Waals surface area contributed by atoms with Crippen LogP contribution in [-0.2, 0) is 0 Å². The van der Waals surface area contributed by atoms with E-state index in [0.717, 1.165) is 5.52 Å². The first-order valence-electron chi connectivity index (χ1n) is 3.30. The molecule has 2 aromatic heterocycles. The van der Waals surface area contributed by atoms with Crippen LogP contribution in [0.2, 0.25) is 0 Å². The maximum atomic E-state index is 11.1. The van der Waals surface area contributed by atoms with Crippen LogP contribution in [-0.4, -0.2) is 9.97 Å².